The highest BCUT2D eigenvalue weighted by atomic mass is 15.1. The van der Waals surface area contributed by atoms with Crippen molar-refractivity contribution in [3.63, 3.8) is 0 Å². The van der Waals surface area contributed by atoms with Crippen molar-refractivity contribution in [1.29, 1.82) is 15.8 Å². The molecule has 15 rings (SSSR count). The van der Waals surface area contributed by atoms with Crippen LogP contribution in [0.1, 0.15) is 16.7 Å². The zero-order valence-electron chi connectivity index (χ0n) is 46.1. The molecular formula is C78H46N8. The van der Waals surface area contributed by atoms with Gasteiger partial charge < -0.3 is 9.13 Å². The van der Waals surface area contributed by atoms with Crippen molar-refractivity contribution in [1.82, 2.24) is 24.1 Å². The van der Waals surface area contributed by atoms with E-state index >= 15 is 0 Å². The van der Waals surface area contributed by atoms with Gasteiger partial charge in [0, 0.05) is 38.2 Å². The highest BCUT2D eigenvalue weighted by Gasteiger charge is 2.24. The van der Waals surface area contributed by atoms with Gasteiger partial charge in [-0.1, -0.05) is 176 Å². The van der Waals surface area contributed by atoms with Crippen molar-refractivity contribution in [2.24, 2.45) is 0 Å². The number of nitrogens with zero attached hydrogens (tertiary/aromatic N) is 8. The van der Waals surface area contributed by atoms with Crippen molar-refractivity contribution in [2.45, 2.75) is 0 Å². The minimum absolute atomic E-state index is 0.444. The molecule has 0 unspecified atom stereocenters. The van der Waals surface area contributed by atoms with Crippen molar-refractivity contribution in [3.8, 4) is 119 Å². The molecule has 0 radical (unpaired) electrons. The quantitative estimate of drug-likeness (QED) is 0.135. The molecule has 3 heterocycles. The van der Waals surface area contributed by atoms with Crippen LogP contribution < -0.4 is 0 Å². The van der Waals surface area contributed by atoms with E-state index in [1.807, 2.05) is 97.1 Å². The first-order valence-electron chi connectivity index (χ1n) is 28.3. The van der Waals surface area contributed by atoms with E-state index in [1.165, 1.54) is 0 Å². The van der Waals surface area contributed by atoms with Gasteiger partial charge in [-0.05, 0) is 159 Å². The molecule has 8 nitrogen and oxygen atoms in total. The Bertz CT molecular complexity index is 5050. The molecule has 0 bridgehead atoms. The third kappa shape index (κ3) is 8.99. The highest BCUT2D eigenvalue weighted by molar-refractivity contribution is 6.12. The molecule has 0 aliphatic carbocycles. The Hall–Kier alpha value is -12.3. The molecule has 0 spiro atoms. The fourth-order valence-corrected chi connectivity index (χ4v) is 12.1. The summed E-state index contributed by atoms with van der Waals surface area (Å²) in [7, 11) is 0. The smallest absolute Gasteiger partial charge is 0.166 e. The van der Waals surface area contributed by atoms with E-state index in [9.17, 15) is 15.8 Å². The van der Waals surface area contributed by atoms with Crippen LogP contribution in [0.2, 0.25) is 0 Å². The fourth-order valence-electron chi connectivity index (χ4n) is 12.1. The molecule has 15 aromatic rings. The predicted octanol–water partition coefficient (Wildman–Crippen LogP) is 19.0. The van der Waals surface area contributed by atoms with Gasteiger partial charge in [0.15, 0.2) is 17.5 Å². The fraction of sp³-hybridized carbons (Fsp3) is 0. The van der Waals surface area contributed by atoms with Crippen LogP contribution in [0.25, 0.3) is 145 Å². The van der Waals surface area contributed by atoms with Crippen molar-refractivity contribution in [2.75, 3.05) is 0 Å². The third-order valence-corrected chi connectivity index (χ3v) is 16.3. The first kappa shape index (κ1) is 50.7. The minimum atomic E-state index is 0.444. The maximum Gasteiger partial charge on any atom is 0.166 e. The summed E-state index contributed by atoms with van der Waals surface area (Å²) in [6.07, 6.45) is 0. The van der Waals surface area contributed by atoms with E-state index in [-0.39, 0.29) is 0 Å². The predicted molar refractivity (Wildman–Crippen MR) is 346 cm³/mol. The highest BCUT2D eigenvalue weighted by Crippen LogP contribution is 2.43. The summed E-state index contributed by atoms with van der Waals surface area (Å²) < 4.78 is 4.64. The summed E-state index contributed by atoms with van der Waals surface area (Å²) in [6.45, 7) is 0. The van der Waals surface area contributed by atoms with Gasteiger partial charge in [-0.3, -0.25) is 0 Å². The molecule has 0 fully saturated rings. The van der Waals surface area contributed by atoms with Gasteiger partial charge in [-0.2, -0.15) is 15.8 Å². The second-order valence-electron chi connectivity index (χ2n) is 21.3. The molecule has 0 N–H and O–H groups in total. The molecule has 0 saturated heterocycles. The third-order valence-electron chi connectivity index (χ3n) is 16.3. The Morgan fingerprint density at radius 1 is 0.233 bits per heavy atom. The summed E-state index contributed by atoms with van der Waals surface area (Å²) >= 11 is 0. The largest absolute Gasteiger partial charge is 0.308 e. The summed E-state index contributed by atoms with van der Waals surface area (Å²) in [5.74, 6) is 1.34. The number of aromatic nitrogens is 5. The number of fused-ring (bicyclic) bond motifs is 6. The number of hydrogen-bond donors (Lipinski definition) is 0. The molecule has 0 aliphatic rings. The van der Waals surface area contributed by atoms with Gasteiger partial charge in [-0.15, -0.1) is 0 Å². The topological polar surface area (TPSA) is 120 Å². The number of para-hydroxylation sites is 2. The summed E-state index contributed by atoms with van der Waals surface area (Å²) in [4.78, 5) is 16.7. The first-order chi connectivity index (χ1) is 42.5. The minimum Gasteiger partial charge on any atom is -0.308 e. The van der Waals surface area contributed by atoms with Crippen LogP contribution in [0.15, 0.2) is 279 Å². The molecule has 3 aromatic heterocycles. The molecule has 0 amide bonds. The number of benzene rings is 12. The Labute approximate surface area is 495 Å². The standard InChI is InChI=1S/C78H46N8/c79-47-50-28-30-55(31-29-50)58-22-13-23-63(42-58)76-82-77(66-36-32-61(56-20-11-14-51(40-56)48-80)45-74(66)85-70-26-9-7-24-64(70)68-43-59(34-38-72(68)85)53-16-3-1-4-17-53)84-78(83-76)67-37-33-62(57-21-12-15-52(41-57)49-81)46-75(67)86-71-27-10-8-25-65(71)69-44-60(35-39-73(69)86)54-18-5-2-6-19-54/h1-46H. The zero-order chi connectivity index (χ0) is 57.7. The summed E-state index contributed by atoms with van der Waals surface area (Å²) in [5, 5.41) is 34.3. The second-order valence-corrected chi connectivity index (χ2v) is 21.3. The molecule has 398 valence electrons. The van der Waals surface area contributed by atoms with Crippen LogP contribution in [-0.4, -0.2) is 24.1 Å². The van der Waals surface area contributed by atoms with E-state index < -0.39 is 0 Å². The molecular weight excluding hydrogens is 1050 g/mol. The number of nitriles is 3. The molecule has 0 atom stereocenters. The maximum absolute atomic E-state index is 10.1. The normalized spacial score (nSPS) is 11.2. The van der Waals surface area contributed by atoms with Crippen LogP contribution >= 0.6 is 0 Å². The van der Waals surface area contributed by atoms with E-state index in [1.54, 1.807) is 0 Å². The average molecular weight is 1100 g/mol. The van der Waals surface area contributed by atoms with Crippen LogP contribution in [0.5, 0.6) is 0 Å². The SMILES string of the molecule is N#Cc1ccc(-c2cccc(-c3nc(-c4ccc(-c5cccc(C#N)c5)cc4-n4c5ccccc5c5cc(-c6ccccc6)ccc54)nc(-c4ccc(-c5cccc(C#N)c5)cc4-n4c5ccccc5c5cc(-c6ccccc6)ccc54)n3)c2)cc1. The van der Waals surface area contributed by atoms with Gasteiger partial charge >= 0.3 is 0 Å². The van der Waals surface area contributed by atoms with Crippen molar-refractivity contribution in [3.05, 3.63) is 296 Å². The molecule has 12 aromatic carbocycles. The summed E-state index contributed by atoms with van der Waals surface area (Å²) in [5.41, 5.74) is 19.6. The second kappa shape index (κ2) is 21.2. The molecule has 0 aliphatic heterocycles. The van der Waals surface area contributed by atoms with Gasteiger partial charge in [0.1, 0.15) is 0 Å². The Balaban J connectivity index is 1.02. The van der Waals surface area contributed by atoms with E-state index in [0.717, 1.165) is 127 Å². The van der Waals surface area contributed by atoms with E-state index in [2.05, 4.69) is 209 Å². The molecule has 0 saturated carbocycles. The Kier molecular flexibility index (Phi) is 12.5. The lowest BCUT2D eigenvalue weighted by molar-refractivity contribution is 1.06. The summed E-state index contributed by atoms with van der Waals surface area (Å²) in [6, 6.07) is 102. The van der Waals surface area contributed by atoms with Gasteiger partial charge in [0.2, 0.25) is 0 Å². The van der Waals surface area contributed by atoms with E-state index in [0.29, 0.717) is 34.2 Å². The monoisotopic (exact) mass is 1090 g/mol. The molecule has 8 heteroatoms. The zero-order valence-corrected chi connectivity index (χ0v) is 46.1. The Morgan fingerprint density at radius 3 is 1.07 bits per heavy atom. The first-order valence-corrected chi connectivity index (χ1v) is 28.3. The maximum atomic E-state index is 10.1. The van der Waals surface area contributed by atoms with Crippen LogP contribution in [0.3, 0.4) is 0 Å². The van der Waals surface area contributed by atoms with Crippen LogP contribution in [0, 0.1) is 34.0 Å². The van der Waals surface area contributed by atoms with E-state index in [4.69, 9.17) is 15.0 Å². The lowest BCUT2D eigenvalue weighted by Crippen LogP contribution is -2.06. The van der Waals surface area contributed by atoms with Crippen molar-refractivity contribution < 1.29 is 0 Å². The molecule has 86 heavy (non-hydrogen) atoms. The van der Waals surface area contributed by atoms with Crippen LogP contribution in [0.4, 0.5) is 0 Å². The Morgan fingerprint density at radius 2 is 0.581 bits per heavy atom. The number of rotatable bonds is 10. The van der Waals surface area contributed by atoms with Crippen LogP contribution in [-0.2, 0) is 0 Å². The van der Waals surface area contributed by atoms with Gasteiger partial charge in [-0.25, -0.2) is 15.0 Å². The number of hydrogen-bond acceptors (Lipinski definition) is 6. The van der Waals surface area contributed by atoms with Crippen molar-refractivity contribution >= 4 is 43.6 Å². The lowest BCUT2D eigenvalue weighted by Gasteiger charge is -2.18. The van der Waals surface area contributed by atoms with Gasteiger partial charge in [0.25, 0.3) is 0 Å². The lowest BCUT2D eigenvalue weighted by atomic mass is 9.99. The average Bonchev–Trinajstić information content (AvgIpc) is 2.10. The van der Waals surface area contributed by atoms with Gasteiger partial charge in [0.05, 0.1) is 68.3 Å².